The first-order valence-corrected chi connectivity index (χ1v) is 10.6. The van der Waals surface area contributed by atoms with E-state index in [-0.39, 0.29) is 5.56 Å². The Hall–Kier alpha value is -2.54. The predicted molar refractivity (Wildman–Crippen MR) is 111 cm³/mol. The van der Waals surface area contributed by atoms with Crippen LogP contribution in [0.25, 0.3) is 0 Å². The van der Waals surface area contributed by atoms with Crippen LogP contribution in [-0.2, 0) is 19.4 Å². The maximum atomic E-state index is 12.7. The molecule has 7 nitrogen and oxygen atoms in total. The SMILES string of the molecule is C[C@@H](Cc1ccc2c(c1)OCO2)CN1CCc2nc(N3CCCC3)[nH]c(=O)c2C1. The number of rotatable bonds is 5. The molecule has 0 amide bonds. The van der Waals surface area contributed by atoms with Gasteiger partial charge in [0.15, 0.2) is 11.5 Å². The minimum Gasteiger partial charge on any atom is -0.454 e. The lowest BCUT2D eigenvalue weighted by Gasteiger charge is -2.30. The molecular formula is C22H28N4O3. The van der Waals surface area contributed by atoms with E-state index >= 15 is 0 Å². The third kappa shape index (κ3) is 3.83. The number of H-pyrrole nitrogens is 1. The molecule has 0 radical (unpaired) electrons. The summed E-state index contributed by atoms with van der Waals surface area (Å²) in [4.78, 5) is 25.1. The summed E-state index contributed by atoms with van der Waals surface area (Å²) in [5.41, 5.74) is 3.11. The quantitative estimate of drug-likeness (QED) is 0.837. The van der Waals surface area contributed by atoms with Crippen molar-refractivity contribution in [3.05, 3.63) is 45.4 Å². The number of nitrogens with zero attached hydrogens (tertiary/aromatic N) is 3. The van der Waals surface area contributed by atoms with Gasteiger partial charge in [-0.25, -0.2) is 4.98 Å². The number of anilines is 1. The maximum Gasteiger partial charge on any atom is 0.257 e. The summed E-state index contributed by atoms with van der Waals surface area (Å²) >= 11 is 0. The zero-order chi connectivity index (χ0) is 19.8. The molecule has 1 atom stereocenters. The Labute approximate surface area is 170 Å². The van der Waals surface area contributed by atoms with E-state index < -0.39 is 0 Å². The largest absolute Gasteiger partial charge is 0.454 e. The lowest BCUT2D eigenvalue weighted by molar-refractivity contribution is 0.174. The normalized spacial score (nSPS) is 19.4. The highest BCUT2D eigenvalue weighted by Crippen LogP contribution is 2.33. The van der Waals surface area contributed by atoms with Crippen LogP contribution in [-0.4, -0.2) is 47.8 Å². The summed E-state index contributed by atoms with van der Waals surface area (Å²) in [6.07, 6.45) is 4.17. The van der Waals surface area contributed by atoms with Crippen molar-refractivity contribution >= 4 is 5.95 Å². The zero-order valence-electron chi connectivity index (χ0n) is 16.9. The van der Waals surface area contributed by atoms with Crippen LogP contribution in [0.1, 0.15) is 36.6 Å². The molecular weight excluding hydrogens is 368 g/mol. The Morgan fingerprint density at radius 1 is 1.17 bits per heavy atom. The molecule has 7 heteroatoms. The van der Waals surface area contributed by atoms with E-state index in [1.807, 2.05) is 6.07 Å². The fraction of sp³-hybridized carbons (Fsp3) is 0.545. The van der Waals surface area contributed by atoms with Gasteiger partial charge < -0.3 is 14.4 Å². The van der Waals surface area contributed by atoms with Crippen molar-refractivity contribution in [3.63, 3.8) is 0 Å². The van der Waals surface area contributed by atoms with Crippen molar-refractivity contribution in [2.75, 3.05) is 37.9 Å². The Morgan fingerprint density at radius 3 is 2.86 bits per heavy atom. The van der Waals surface area contributed by atoms with Crippen molar-refractivity contribution in [1.82, 2.24) is 14.9 Å². The number of aromatic nitrogens is 2. The molecule has 5 rings (SSSR count). The number of aromatic amines is 1. The molecule has 1 N–H and O–H groups in total. The van der Waals surface area contributed by atoms with Gasteiger partial charge in [-0.1, -0.05) is 13.0 Å². The van der Waals surface area contributed by atoms with Crippen LogP contribution >= 0.6 is 0 Å². The number of hydrogen-bond donors (Lipinski definition) is 1. The van der Waals surface area contributed by atoms with Crippen molar-refractivity contribution < 1.29 is 9.47 Å². The minimum absolute atomic E-state index is 0.0324. The summed E-state index contributed by atoms with van der Waals surface area (Å²) in [7, 11) is 0. The van der Waals surface area contributed by atoms with Gasteiger partial charge in [0.2, 0.25) is 12.7 Å². The number of hydrogen-bond acceptors (Lipinski definition) is 6. The summed E-state index contributed by atoms with van der Waals surface area (Å²) in [5.74, 6) is 2.91. The molecule has 4 heterocycles. The van der Waals surface area contributed by atoms with Crippen molar-refractivity contribution in [1.29, 1.82) is 0 Å². The molecule has 0 spiro atoms. The summed E-state index contributed by atoms with van der Waals surface area (Å²) in [5, 5.41) is 0. The van der Waals surface area contributed by atoms with Crippen LogP contribution in [0.3, 0.4) is 0 Å². The molecule has 154 valence electrons. The Morgan fingerprint density at radius 2 is 2.00 bits per heavy atom. The van der Waals surface area contributed by atoms with E-state index in [2.05, 4.69) is 33.8 Å². The van der Waals surface area contributed by atoms with Crippen molar-refractivity contribution in [3.8, 4) is 11.5 Å². The lowest BCUT2D eigenvalue weighted by atomic mass is 9.98. The van der Waals surface area contributed by atoms with E-state index in [0.29, 0.717) is 19.3 Å². The molecule has 29 heavy (non-hydrogen) atoms. The van der Waals surface area contributed by atoms with Gasteiger partial charge in [0, 0.05) is 39.1 Å². The van der Waals surface area contributed by atoms with E-state index in [1.165, 1.54) is 18.4 Å². The van der Waals surface area contributed by atoms with Gasteiger partial charge in [-0.2, -0.15) is 0 Å². The maximum absolute atomic E-state index is 12.7. The number of nitrogens with one attached hydrogen (secondary N) is 1. The topological polar surface area (TPSA) is 70.7 Å². The first-order valence-electron chi connectivity index (χ1n) is 10.6. The molecule has 1 aromatic carbocycles. The second-order valence-corrected chi connectivity index (χ2v) is 8.49. The fourth-order valence-electron chi connectivity index (χ4n) is 4.68. The first kappa shape index (κ1) is 18.5. The number of benzene rings is 1. The Kier molecular flexibility index (Phi) is 4.91. The van der Waals surface area contributed by atoms with Crippen LogP contribution in [0.4, 0.5) is 5.95 Å². The average molecular weight is 396 g/mol. The van der Waals surface area contributed by atoms with Crippen LogP contribution < -0.4 is 19.9 Å². The average Bonchev–Trinajstić information content (AvgIpc) is 3.40. The Balaban J connectivity index is 1.23. The molecule has 0 saturated carbocycles. The van der Waals surface area contributed by atoms with Crippen LogP contribution in [0, 0.1) is 5.92 Å². The van der Waals surface area contributed by atoms with E-state index in [1.54, 1.807) is 0 Å². The summed E-state index contributed by atoms with van der Waals surface area (Å²) in [6, 6.07) is 6.19. The monoisotopic (exact) mass is 396 g/mol. The van der Waals surface area contributed by atoms with Crippen molar-refractivity contribution in [2.45, 2.75) is 39.2 Å². The van der Waals surface area contributed by atoms with Gasteiger partial charge in [0.25, 0.3) is 5.56 Å². The first-order chi connectivity index (χ1) is 14.2. The molecule has 0 aliphatic carbocycles. The lowest BCUT2D eigenvalue weighted by Crippen LogP contribution is -2.39. The smallest absolute Gasteiger partial charge is 0.257 e. The van der Waals surface area contributed by atoms with Crippen LogP contribution in [0.2, 0.25) is 0 Å². The molecule has 1 fully saturated rings. The van der Waals surface area contributed by atoms with Crippen LogP contribution in [0.5, 0.6) is 11.5 Å². The number of ether oxygens (including phenoxy) is 2. The minimum atomic E-state index is 0.0324. The molecule has 1 aromatic heterocycles. The standard InChI is InChI=1S/C22H28N4O3/c1-15(10-16-4-5-19-20(11-16)29-14-28-19)12-25-9-6-18-17(13-25)21(27)24-22(23-18)26-7-2-3-8-26/h4-5,11,15H,2-3,6-10,12-14H2,1H3,(H,23,24,27)/t15-/m0/s1. The van der Waals surface area contributed by atoms with E-state index in [9.17, 15) is 4.79 Å². The zero-order valence-corrected chi connectivity index (χ0v) is 16.9. The third-order valence-corrected chi connectivity index (χ3v) is 6.13. The third-order valence-electron chi connectivity index (χ3n) is 6.13. The van der Waals surface area contributed by atoms with E-state index in [0.717, 1.165) is 67.7 Å². The van der Waals surface area contributed by atoms with Gasteiger partial charge in [-0.3, -0.25) is 14.7 Å². The Bertz CT molecular complexity index is 952. The number of fused-ring (bicyclic) bond motifs is 2. The van der Waals surface area contributed by atoms with Gasteiger partial charge in [0.05, 0.1) is 11.3 Å². The fourth-order valence-corrected chi connectivity index (χ4v) is 4.68. The van der Waals surface area contributed by atoms with Crippen LogP contribution in [0.15, 0.2) is 23.0 Å². The summed E-state index contributed by atoms with van der Waals surface area (Å²) in [6.45, 7) is 7.15. The molecule has 0 unspecified atom stereocenters. The van der Waals surface area contributed by atoms with E-state index in [4.69, 9.17) is 14.5 Å². The summed E-state index contributed by atoms with van der Waals surface area (Å²) < 4.78 is 10.9. The van der Waals surface area contributed by atoms with Gasteiger partial charge in [0.1, 0.15) is 0 Å². The second-order valence-electron chi connectivity index (χ2n) is 8.49. The molecule has 1 saturated heterocycles. The molecule has 3 aliphatic rings. The molecule has 0 bridgehead atoms. The van der Waals surface area contributed by atoms with Crippen molar-refractivity contribution in [2.24, 2.45) is 5.92 Å². The highest BCUT2D eigenvalue weighted by Gasteiger charge is 2.24. The van der Waals surface area contributed by atoms with Gasteiger partial charge in [-0.05, 0) is 42.9 Å². The van der Waals surface area contributed by atoms with Gasteiger partial charge in [-0.15, -0.1) is 0 Å². The predicted octanol–water partition coefficient (Wildman–Crippen LogP) is 2.34. The molecule has 2 aromatic rings. The second kappa shape index (κ2) is 7.71. The highest BCUT2D eigenvalue weighted by molar-refractivity contribution is 5.44. The molecule has 3 aliphatic heterocycles. The van der Waals surface area contributed by atoms with Gasteiger partial charge >= 0.3 is 0 Å². The highest BCUT2D eigenvalue weighted by atomic mass is 16.7.